The van der Waals surface area contributed by atoms with Crippen LogP contribution in [0.2, 0.25) is 0 Å². The first kappa shape index (κ1) is 17.6. The summed E-state index contributed by atoms with van der Waals surface area (Å²) in [4.78, 5) is 14.6. The van der Waals surface area contributed by atoms with Crippen LogP contribution in [0.4, 0.5) is 4.79 Å². The van der Waals surface area contributed by atoms with Crippen molar-refractivity contribution < 1.29 is 14.3 Å². The molecule has 0 spiro atoms. The second kappa shape index (κ2) is 7.80. The first-order chi connectivity index (χ1) is 13.2. The Morgan fingerprint density at radius 2 is 1.78 bits per heavy atom. The third-order valence-corrected chi connectivity index (χ3v) is 5.12. The third-order valence-electron chi connectivity index (χ3n) is 5.12. The fourth-order valence-electron chi connectivity index (χ4n) is 3.72. The van der Waals surface area contributed by atoms with Crippen LogP contribution >= 0.6 is 0 Å². The Kier molecular flexibility index (Phi) is 5.07. The lowest BCUT2D eigenvalue weighted by Gasteiger charge is -2.44. The fraction of sp³-hybridized carbons (Fsp3) is 0.261. The molecule has 2 aliphatic rings. The average molecular weight is 361 g/mol. The molecule has 4 heteroatoms. The Balaban J connectivity index is 1.48. The van der Waals surface area contributed by atoms with Crippen molar-refractivity contribution in [3.05, 3.63) is 90.0 Å². The Morgan fingerprint density at radius 1 is 1.07 bits per heavy atom. The summed E-state index contributed by atoms with van der Waals surface area (Å²) in [5.41, 5.74) is 4.30. The molecule has 0 saturated carbocycles. The van der Waals surface area contributed by atoms with Gasteiger partial charge in [-0.25, -0.2) is 4.79 Å². The van der Waals surface area contributed by atoms with E-state index in [0.29, 0.717) is 13.2 Å². The molecule has 27 heavy (non-hydrogen) atoms. The van der Waals surface area contributed by atoms with Crippen LogP contribution in [0, 0.1) is 0 Å². The van der Waals surface area contributed by atoms with Gasteiger partial charge in [0.05, 0.1) is 25.3 Å². The average Bonchev–Trinajstić information content (AvgIpc) is 2.72. The van der Waals surface area contributed by atoms with Gasteiger partial charge in [0, 0.05) is 0 Å². The van der Waals surface area contributed by atoms with Crippen molar-refractivity contribution in [1.29, 1.82) is 0 Å². The molecule has 1 amide bonds. The molecular formula is C23H23NO3. The second-order valence-corrected chi connectivity index (χ2v) is 6.95. The number of ether oxygens (including phenoxy) is 2. The molecule has 1 saturated heterocycles. The Bertz CT molecular complexity index is 844. The van der Waals surface area contributed by atoms with Crippen molar-refractivity contribution in [1.82, 2.24) is 4.90 Å². The summed E-state index contributed by atoms with van der Waals surface area (Å²) >= 11 is 0. The van der Waals surface area contributed by atoms with Gasteiger partial charge in [0.1, 0.15) is 6.61 Å². The highest BCUT2D eigenvalue weighted by Gasteiger charge is 2.39. The van der Waals surface area contributed by atoms with E-state index in [-0.39, 0.29) is 24.8 Å². The summed E-state index contributed by atoms with van der Waals surface area (Å²) < 4.78 is 11.3. The topological polar surface area (TPSA) is 38.8 Å². The van der Waals surface area contributed by atoms with E-state index in [0.717, 1.165) is 23.1 Å². The van der Waals surface area contributed by atoms with Crippen LogP contribution in [0.15, 0.2) is 78.9 Å². The van der Waals surface area contributed by atoms with Gasteiger partial charge < -0.3 is 9.47 Å². The third kappa shape index (κ3) is 3.81. The lowest BCUT2D eigenvalue weighted by atomic mass is 9.88. The molecule has 138 valence electrons. The highest BCUT2D eigenvalue weighted by Crippen LogP contribution is 2.34. The molecule has 2 heterocycles. The quantitative estimate of drug-likeness (QED) is 0.808. The largest absolute Gasteiger partial charge is 0.445 e. The number of carbonyl (C=O) groups excluding carboxylic acids is 1. The van der Waals surface area contributed by atoms with Gasteiger partial charge in [-0.2, -0.15) is 0 Å². The van der Waals surface area contributed by atoms with E-state index in [4.69, 9.17) is 9.47 Å². The molecule has 4 nitrogen and oxygen atoms in total. The number of amides is 1. The van der Waals surface area contributed by atoms with Crippen LogP contribution in [-0.2, 0) is 16.1 Å². The van der Waals surface area contributed by atoms with Crippen LogP contribution in [0.1, 0.15) is 17.5 Å². The summed E-state index contributed by atoms with van der Waals surface area (Å²) in [5.74, 6) is 0. The lowest BCUT2D eigenvalue weighted by molar-refractivity contribution is -0.0365. The van der Waals surface area contributed by atoms with Gasteiger partial charge in [-0.15, -0.1) is 0 Å². The first-order valence-electron chi connectivity index (χ1n) is 9.24. The number of fused-ring (bicyclic) bond motifs is 2. The Labute approximate surface area is 159 Å². The van der Waals surface area contributed by atoms with Crippen LogP contribution in [0.5, 0.6) is 0 Å². The number of allylic oxidation sites excluding steroid dienone is 1. The molecule has 0 aromatic heterocycles. The molecule has 2 bridgehead atoms. The van der Waals surface area contributed by atoms with Gasteiger partial charge in [0.2, 0.25) is 0 Å². The summed E-state index contributed by atoms with van der Waals surface area (Å²) in [6.07, 6.45) is 2.55. The van der Waals surface area contributed by atoms with E-state index in [1.807, 2.05) is 53.4 Å². The van der Waals surface area contributed by atoms with Crippen molar-refractivity contribution in [2.75, 3.05) is 13.2 Å². The van der Waals surface area contributed by atoms with Gasteiger partial charge in [0.25, 0.3) is 0 Å². The summed E-state index contributed by atoms with van der Waals surface area (Å²) in [6.45, 7) is 5.57. The first-order valence-corrected chi connectivity index (χ1v) is 9.24. The maximum Gasteiger partial charge on any atom is 0.411 e. The van der Waals surface area contributed by atoms with Crippen molar-refractivity contribution in [3.8, 4) is 0 Å². The smallest absolute Gasteiger partial charge is 0.411 e. The molecule has 0 radical (unpaired) electrons. The minimum absolute atomic E-state index is 0.0208. The van der Waals surface area contributed by atoms with E-state index < -0.39 is 0 Å². The maximum absolute atomic E-state index is 12.7. The summed E-state index contributed by atoms with van der Waals surface area (Å²) in [7, 11) is 0. The van der Waals surface area contributed by atoms with Gasteiger partial charge in [-0.3, -0.25) is 4.90 Å². The zero-order valence-electron chi connectivity index (χ0n) is 15.2. The fourth-order valence-corrected chi connectivity index (χ4v) is 3.72. The molecule has 2 aliphatic heterocycles. The molecule has 0 N–H and O–H groups in total. The van der Waals surface area contributed by atoms with Crippen LogP contribution < -0.4 is 0 Å². The van der Waals surface area contributed by atoms with E-state index in [1.165, 1.54) is 5.57 Å². The van der Waals surface area contributed by atoms with E-state index >= 15 is 0 Å². The van der Waals surface area contributed by atoms with Gasteiger partial charge in [-0.1, -0.05) is 73.3 Å². The zero-order chi connectivity index (χ0) is 18.6. The molecule has 2 aromatic rings. The van der Waals surface area contributed by atoms with Gasteiger partial charge >= 0.3 is 6.09 Å². The number of rotatable bonds is 4. The van der Waals surface area contributed by atoms with Crippen LogP contribution in [0.3, 0.4) is 0 Å². The highest BCUT2D eigenvalue weighted by atomic mass is 16.6. The Hall–Kier alpha value is -2.85. The number of hydrogen-bond donors (Lipinski definition) is 0. The van der Waals surface area contributed by atoms with Crippen molar-refractivity contribution >= 4 is 11.7 Å². The standard InChI is InChI=1S/C23H23NO3/c1-17(19-10-6-3-7-11-19)20-12-21-15-26-16-22(13-20)24(21)23(25)27-14-18-8-4-2-5-9-18/h2-12,21-22H,1,13-16H2. The number of benzene rings is 2. The SMILES string of the molecule is C=C(C1=CC2COCC(C1)N2C(=O)OCc1ccccc1)c1ccccc1. The van der Waals surface area contributed by atoms with Crippen LogP contribution in [0.25, 0.3) is 5.57 Å². The molecule has 2 aromatic carbocycles. The molecule has 4 rings (SSSR count). The lowest BCUT2D eigenvalue weighted by Crippen LogP contribution is -2.56. The van der Waals surface area contributed by atoms with Crippen molar-refractivity contribution in [2.45, 2.75) is 25.1 Å². The van der Waals surface area contributed by atoms with E-state index in [9.17, 15) is 4.79 Å². The minimum Gasteiger partial charge on any atom is -0.445 e. The minimum atomic E-state index is -0.280. The van der Waals surface area contributed by atoms with E-state index in [2.05, 4.69) is 24.8 Å². The molecule has 0 aliphatic carbocycles. The monoisotopic (exact) mass is 361 g/mol. The molecule has 2 atom stereocenters. The van der Waals surface area contributed by atoms with E-state index in [1.54, 1.807) is 0 Å². The van der Waals surface area contributed by atoms with Crippen LogP contribution in [-0.4, -0.2) is 36.3 Å². The number of nitrogens with zero attached hydrogens (tertiary/aromatic N) is 1. The van der Waals surface area contributed by atoms with Gasteiger partial charge in [-0.05, 0) is 28.7 Å². The molecule has 2 unspecified atom stereocenters. The molecule has 1 fully saturated rings. The second-order valence-electron chi connectivity index (χ2n) is 6.95. The summed E-state index contributed by atoms with van der Waals surface area (Å²) in [6, 6.07) is 19.8. The predicted molar refractivity (Wildman–Crippen MR) is 105 cm³/mol. The number of morpholine rings is 1. The zero-order valence-corrected chi connectivity index (χ0v) is 15.2. The maximum atomic E-state index is 12.7. The normalized spacial score (nSPS) is 21.3. The Morgan fingerprint density at radius 3 is 2.48 bits per heavy atom. The van der Waals surface area contributed by atoms with Crippen molar-refractivity contribution in [3.63, 3.8) is 0 Å². The highest BCUT2D eigenvalue weighted by molar-refractivity contribution is 5.79. The predicted octanol–water partition coefficient (Wildman–Crippen LogP) is 4.44. The number of hydrogen-bond acceptors (Lipinski definition) is 3. The summed E-state index contributed by atoms with van der Waals surface area (Å²) in [5, 5.41) is 0. The van der Waals surface area contributed by atoms with Gasteiger partial charge in [0.15, 0.2) is 0 Å². The number of carbonyl (C=O) groups is 1. The van der Waals surface area contributed by atoms with Crippen molar-refractivity contribution in [2.24, 2.45) is 0 Å². The molecular weight excluding hydrogens is 338 g/mol.